The molecule has 108 valence electrons. The van der Waals surface area contributed by atoms with Gasteiger partial charge in [-0.05, 0) is 25.7 Å². The van der Waals surface area contributed by atoms with Gasteiger partial charge in [-0.2, -0.15) is 0 Å². The lowest BCUT2D eigenvalue weighted by Gasteiger charge is -2.49. The van der Waals surface area contributed by atoms with Crippen LogP contribution in [-0.2, 0) is 18.9 Å². The van der Waals surface area contributed by atoms with Gasteiger partial charge in [-0.25, -0.2) is 0 Å². The van der Waals surface area contributed by atoms with Gasteiger partial charge < -0.3 is 18.9 Å². The summed E-state index contributed by atoms with van der Waals surface area (Å²) in [6, 6.07) is 0. The Morgan fingerprint density at radius 3 is 1.11 bits per heavy atom. The van der Waals surface area contributed by atoms with Crippen LogP contribution in [0.5, 0.6) is 0 Å². The van der Waals surface area contributed by atoms with Crippen LogP contribution in [0.25, 0.3) is 0 Å². The third kappa shape index (κ3) is 2.13. The maximum Gasteiger partial charge on any atom is 0.168 e. The molecule has 0 bridgehead atoms. The number of ether oxygens (including phenoxy) is 4. The topological polar surface area (TPSA) is 36.9 Å². The van der Waals surface area contributed by atoms with Gasteiger partial charge in [-0.15, -0.1) is 0 Å². The van der Waals surface area contributed by atoms with Gasteiger partial charge >= 0.3 is 0 Å². The first-order valence-corrected chi connectivity index (χ1v) is 7.80. The molecular formula is C15H24O4. The highest BCUT2D eigenvalue weighted by Gasteiger charge is 2.51. The molecule has 19 heavy (non-hydrogen) atoms. The van der Waals surface area contributed by atoms with Crippen LogP contribution in [0.2, 0.25) is 0 Å². The summed E-state index contributed by atoms with van der Waals surface area (Å²) in [5, 5.41) is 0. The molecule has 4 nitrogen and oxygen atoms in total. The van der Waals surface area contributed by atoms with Crippen LogP contribution in [0.15, 0.2) is 0 Å². The molecule has 2 aliphatic carbocycles. The molecule has 0 radical (unpaired) electrons. The van der Waals surface area contributed by atoms with Gasteiger partial charge in [0, 0.05) is 25.7 Å². The Bertz CT molecular complexity index is 285. The molecular weight excluding hydrogens is 244 g/mol. The zero-order chi connectivity index (χ0) is 12.8. The van der Waals surface area contributed by atoms with Crippen molar-refractivity contribution in [3.05, 3.63) is 0 Å². The van der Waals surface area contributed by atoms with Gasteiger partial charge in [0.1, 0.15) is 0 Å². The summed E-state index contributed by atoms with van der Waals surface area (Å²) in [5.41, 5.74) is -0.0678. The second-order valence-corrected chi connectivity index (χ2v) is 6.89. The monoisotopic (exact) mass is 268 g/mol. The van der Waals surface area contributed by atoms with Crippen molar-refractivity contribution >= 4 is 0 Å². The minimum Gasteiger partial charge on any atom is -0.349 e. The summed E-state index contributed by atoms with van der Waals surface area (Å²) in [7, 11) is 0. The first-order valence-electron chi connectivity index (χ1n) is 7.80. The van der Waals surface area contributed by atoms with Crippen molar-refractivity contribution in [3.8, 4) is 0 Å². The lowest BCUT2D eigenvalue weighted by molar-refractivity contribution is -0.364. The highest BCUT2D eigenvalue weighted by Crippen LogP contribution is 2.45. The largest absolute Gasteiger partial charge is 0.349 e. The molecule has 0 N–H and O–H groups in total. The second kappa shape index (κ2) is 4.42. The normalized spacial score (nSPS) is 35.4. The Morgan fingerprint density at radius 1 is 0.474 bits per heavy atom. The van der Waals surface area contributed by atoms with E-state index < -0.39 is 0 Å². The van der Waals surface area contributed by atoms with E-state index in [1.165, 1.54) is 25.7 Å². The third-order valence-corrected chi connectivity index (χ3v) is 5.30. The average molecular weight is 268 g/mol. The summed E-state index contributed by atoms with van der Waals surface area (Å²) in [4.78, 5) is 0. The van der Waals surface area contributed by atoms with Crippen molar-refractivity contribution in [2.75, 3.05) is 26.4 Å². The Labute approximate surface area is 114 Å². The van der Waals surface area contributed by atoms with E-state index in [0.29, 0.717) is 0 Å². The van der Waals surface area contributed by atoms with Crippen molar-refractivity contribution in [1.82, 2.24) is 0 Å². The SMILES string of the molecule is C1CCC2(C1)OCC1(CO2)COC2(CCCC2)OC1. The van der Waals surface area contributed by atoms with Gasteiger partial charge in [0.05, 0.1) is 31.8 Å². The number of rotatable bonds is 0. The van der Waals surface area contributed by atoms with Crippen molar-refractivity contribution in [2.24, 2.45) is 5.41 Å². The molecule has 2 aliphatic heterocycles. The Morgan fingerprint density at radius 2 is 0.789 bits per heavy atom. The molecule has 4 rings (SSSR count). The van der Waals surface area contributed by atoms with E-state index in [1.807, 2.05) is 0 Å². The van der Waals surface area contributed by atoms with Gasteiger partial charge in [0.2, 0.25) is 0 Å². The first kappa shape index (κ1) is 12.6. The van der Waals surface area contributed by atoms with Crippen LogP contribution >= 0.6 is 0 Å². The van der Waals surface area contributed by atoms with E-state index >= 15 is 0 Å². The van der Waals surface area contributed by atoms with Crippen LogP contribution in [0, 0.1) is 5.41 Å². The molecule has 4 aliphatic rings. The molecule has 0 amide bonds. The fraction of sp³-hybridized carbons (Fsp3) is 1.00. The minimum absolute atomic E-state index is 0.0678. The molecule has 0 aromatic heterocycles. The predicted molar refractivity (Wildman–Crippen MR) is 68.6 cm³/mol. The van der Waals surface area contributed by atoms with Gasteiger partial charge in [0.25, 0.3) is 0 Å². The molecule has 2 heterocycles. The highest BCUT2D eigenvalue weighted by molar-refractivity contribution is 4.92. The zero-order valence-electron chi connectivity index (χ0n) is 11.6. The van der Waals surface area contributed by atoms with E-state index in [9.17, 15) is 0 Å². The predicted octanol–water partition coefficient (Wildman–Crippen LogP) is 2.61. The van der Waals surface area contributed by atoms with Crippen molar-refractivity contribution in [1.29, 1.82) is 0 Å². The average Bonchev–Trinajstić information content (AvgIpc) is 3.09. The molecule has 2 saturated carbocycles. The van der Waals surface area contributed by atoms with Crippen molar-refractivity contribution in [3.63, 3.8) is 0 Å². The van der Waals surface area contributed by atoms with E-state index in [1.54, 1.807) is 0 Å². The fourth-order valence-electron chi connectivity index (χ4n) is 3.88. The summed E-state index contributed by atoms with van der Waals surface area (Å²) in [6.07, 6.45) is 9.10. The van der Waals surface area contributed by atoms with Crippen molar-refractivity contribution in [2.45, 2.75) is 62.9 Å². The van der Waals surface area contributed by atoms with Crippen LogP contribution < -0.4 is 0 Å². The quantitative estimate of drug-likeness (QED) is 0.676. The van der Waals surface area contributed by atoms with Crippen molar-refractivity contribution < 1.29 is 18.9 Å². The van der Waals surface area contributed by atoms with Gasteiger partial charge in [-0.1, -0.05) is 0 Å². The van der Waals surface area contributed by atoms with Gasteiger partial charge in [-0.3, -0.25) is 0 Å². The minimum atomic E-state index is -0.270. The second-order valence-electron chi connectivity index (χ2n) is 6.89. The molecule has 0 unspecified atom stereocenters. The van der Waals surface area contributed by atoms with Gasteiger partial charge in [0.15, 0.2) is 11.6 Å². The zero-order valence-corrected chi connectivity index (χ0v) is 11.6. The van der Waals surface area contributed by atoms with Crippen LogP contribution in [-0.4, -0.2) is 38.0 Å². The maximum absolute atomic E-state index is 6.09. The summed E-state index contributed by atoms with van der Waals surface area (Å²) in [6.45, 7) is 2.90. The summed E-state index contributed by atoms with van der Waals surface area (Å²) < 4.78 is 24.4. The standard InChI is InChI=1S/C15H24O4/c1-2-6-14(5-1)16-9-13(10-17-14)11-18-15(19-12-13)7-3-4-8-15/h1-12H2. The van der Waals surface area contributed by atoms with Crippen LogP contribution in [0.3, 0.4) is 0 Å². The molecule has 4 heteroatoms. The highest BCUT2D eigenvalue weighted by atomic mass is 16.7. The smallest absolute Gasteiger partial charge is 0.168 e. The molecule has 0 aromatic rings. The molecule has 0 atom stereocenters. The Hall–Kier alpha value is -0.160. The third-order valence-electron chi connectivity index (χ3n) is 5.30. The Kier molecular flexibility index (Phi) is 2.92. The molecule has 3 spiro atoms. The lowest BCUT2D eigenvalue weighted by Crippen LogP contribution is -2.57. The molecule has 0 aromatic carbocycles. The van der Waals surface area contributed by atoms with Crippen LogP contribution in [0.4, 0.5) is 0 Å². The summed E-state index contributed by atoms with van der Waals surface area (Å²) in [5.74, 6) is -0.540. The van der Waals surface area contributed by atoms with E-state index in [4.69, 9.17) is 18.9 Å². The van der Waals surface area contributed by atoms with E-state index in [2.05, 4.69) is 0 Å². The number of hydrogen-bond donors (Lipinski definition) is 0. The number of hydrogen-bond acceptors (Lipinski definition) is 4. The maximum atomic E-state index is 6.09. The lowest BCUT2D eigenvalue weighted by atomic mass is 9.89. The molecule has 4 fully saturated rings. The molecule has 2 saturated heterocycles. The van der Waals surface area contributed by atoms with E-state index in [0.717, 1.165) is 52.1 Å². The Balaban J connectivity index is 1.38. The van der Waals surface area contributed by atoms with Crippen LogP contribution in [0.1, 0.15) is 51.4 Å². The first-order chi connectivity index (χ1) is 9.24. The fourth-order valence-corrected chi connectivity index (χ4v) is 3.88. The van der Waals surface area contributed by atoms with E-state index in [-0.39, 0.29) is 17.0 Å². The summed E-state index contributed by atoms with van der Waals surface area (Å²) >= 11 is 0.